The highest BCUT2D eigenvalue weighted by molar-refractivity contribution is 7.91. The quantitative estimate of drug-likeness (QED) is 0.831. The Bertz CT molecular complexity index is 535. The van der Waals surface area contributed by atoms with Crippen LogP contribution in [0.4, 0.5) is 0 Å². The van der Waals surface area contributed by atoms with Gasteiger partial charge < -0.3 is 5.32 Å². The van der Waals surface area contributed by atoms with E-state index in [1.54, 1.807) is 6.07 Å². The molecule has 1 heterocycles. The average molecular weight is 304 g/mol. The van der Waals surface area contributed by atoms with E-state index in [1.807, 2.05) is 0 Å². The maximum atomic E-state index is 11.7. The van der Waals surface area contributed by atoms with E-state index >= 15 is 0 Å². The fourth-order valence-corrected chi connectivity index (χ4v) is 3.11. The van der Waals surface area contributed by atoms with Gasteiger partial charge in [0.2, 0.25) is 15.9 Å². The standard InChI is InChI=1S/C12H20N2O3S2/c1-8(2)9(3)7-14-11(15)6-10-4-5-12(18-10)19(13,16)17/h4-5,8-9H,6-7H2,1-3H3,(H,14,15)(H2,13,16,17). The Labute approximate surface area is 118 Å². The predicted octanol–water partition coefficient (Wildman–Crippen LogP) is 1.35. The number of thiophene rings is 1. The first-order valence-electron chi connectivity index (χ1n) is 6.08. The normalized spacial score (nSPS) is 13.5. The van der Waals surface area contributed by atoms with Crippen molar-refractivity contribution in [3.8, 4) is 0 Å². The van der Waals surface area contributed by atoms with Gasteiger partial charge in [-0.2, -0.15) is 0 Å². The minimum Gasteiger partial charge on any atom is -0.356 e. The van der Waals surface area contributed by atoms with Crippen LogP contribution in [0.15, 0.2) is 16.3 Å². The van der Waals surface area contributed by atoms with Crippen LogP contribution in [0, 0.1) is 11.8 Å². The van der Waals surface area contributed by atoms with Gasteiger partial charge in [0.1, 0.15) is 4.21 Å². The molecule has 5 nitrogen and oxygen atoms in total. The number of hydrogen-bond donors (Lipinski definition) is 2. The van der Waals surface area contributed by atoms with Gasteiger partial charge in [-0.15, -0.1) is 11.3 Å². The number of carbonyl (C=O) groups is 1. The lowest BCUT2D eigenvalue weighted by molar-refractivity contribution is -0.120. The van der Waals surface area contributed by atoms with Gasteiger partial charge in [-0.3, -0.25) is 4.79 Å². The Morgan fingerprint density at radius 2 is 2.00 bits per heavy atom. The van der Waals surface area contributed by atoms with E-state index in [1.165, 1.54) is 6.07 Å². The zero-order valence-electron chi connectivity index (χ0n) is 11.3. The van der Waals surface area contributed by atoms with Gasteiger partial charge in [-0.25, -0.2) is 13.6 Å². The van der Waals surface area contributed by atoms with Crippen molar-refractivity contribution in [1.29, 1.82) is 0 Å². The summed E-state index contributed by atoms with van der Waals surface area (Å²) in [5, 5.41) is 7.86. The van der Waals surface area contributed by atoms with E-state index in [0.717, 1.165) is 11.3 Å². The topological polar surface area (TPSA) is 89.3 Å². The second kappa shape index (κ2) is 6.49. The van der Waals surface area contributed by atoms with Gasteiger partial charge in [-0.1, -0.05) is 20.8 Å². The lowest BCUT2D eigenvalue weighted by Gasteiger charge is -2.15. The molecule has 108 valence electrons. The molecule has 0 saturated heterocycles. The molecule has 7 heteroatoms. The molecular formula is C12H20N2O3S2. The van der Waals surface area contributed by atoms with E-state index in [-0.39, 0.29) is 16.5 Å². The van der Waals surface area contributed by atoms with Crippen LogP contribution in [-0.4, -0.2) is 20.9 Å². The van der Waals surface area contributed by atoms with E-state index in [0.29, 0.717) is 23.3 Å². The summed E-state index contributed by atoms with van der Waals surface area (Å²) in [7, 11) is -3.67. The van der Waals surface area contributed by atoms with E-state index in [4.69, 9.17) is 5.14 Å². The number of sulfonamides is 1. The molecule has 1 rings (SSSR count). The highest BCUT2D eigenvalue weighted by Gasteiger charge is 2.14. The Morgan fingerprint density at radius 1 is 1.37 bits per heavy atom. The first-order chi connectivity index (χ1) is 8.70. The molecule has 1 aromatic heterocycles. The molecule has 0 radical (unpaired) electrons. The summed E-state index contributed by atoms with van der Waals surface area (Å²) in [5.74, 6) is 0.818. The molecule has 0 fully saturated rings. The molecule has 0 bridgehead atoms. The third-order valence-corrected chi connectivity index (χ3v) is 5.54. The third-order valence-electron chi connectivity index (χ3n) is 3.01. The third kappa shape index (κ3) is 5.30. The molecule has 0 aliphatic carbocycles. The summed E-state index contributed by atoms with van der Waals surface area (Å²) in [6.45, 7) is 6.92. The predicted molar refractivity (Wildman–Crippen MR) is 76.4 cm³/mol. The Balaban J connectivity index is 2.52. The van der Waals surface area contributed by atoms with Crippen molar-refractivity contribution in [1.82, 2.24) is 5.32 Å². The molecule has 0 saturated carbocycles. The van der Waals surface area contributed by atoms with Crippen LogP contribution in [0.3, 0.4) is 0 Å². The molecule has 1 amide bonds. The monoisotopic (exact) mass is 304 g/mol. The van der Waals surface area contributed by atoms with Crippen molar-refractivity contribution in [2.45, 2.75) is 31.4 Å². The molecule has 1 unspecified atom stereocenters. The lowest BCUT2D eigenvalue weighted by Crippen LogP contribution is -2.31. The van der Waals surface area contributed by atoms with E-state index in [9.17, 15) is 13.2 Å². The SMILES string of the molecule is CC(C)C(C)CNC(=O)Cc1ccc(S(N)(=O)=O)s1. The summed E-state index contributed by atoms with van der Waals surface area (Å²) < 4.78 is 22.3. The second-order valence-electron chi connectivity index (χ2n) is 4.97. The second-order valence-corrected chi connectivity index (χ2v) is 7.92. The summed E-state index contributed by atoms with van der Waals surface area (Å²) in [5.41, 5.74) is 0. The van der Waals surface area contributed by atoms with Crippen molar-refractivity contribution in [2.24, 2.45) is 17.0 Å². The van der Waals surface area contributed by atoms with Crippen LogP contribution in [0.5, 0.6) is 0 Å². The molecule has 19 heavy (non-hydrogen) atoms. The largest absolute Gasteiger partial charge is 0.356 e. The number of nitrogens with two attached hydrogens (primary N) is 1. The minimum atomic E-state index is -3.67. The van der Waals surface area contributed by atoms with Crippen molar-refractivity contribution >= 4 is 27.3 Å². The van der Waals surface area contributed by atoms with Crippen molar-refractivity contribution in [3.63, 3.8) is 0 Å². The van der Waals surface area contributed by atoms with Gasteiger partial charge in [0, 0.05) is 11.4 Å². The number of primary sulfonamides is 1. The lowest BCUT2D eigenvalue weighted by atomic mass is 9.98. The van der Waals surface area contributed by atoms with Crippen LogP contribution in [0.25, 0.3) is 0 Å². The maximum Gasteiger partial charge on any atom is 0.247 e. The average Bonchev–Trinajstić information content (AvgIpc) is 2.73. The van der Waals surface area contributed by atoms with Gasteiger partial charge in [0.15, 0.2) is 0 Å². The summed E-state index contributed by atoms with van der Waals surface area (Å²) in [6, 6.07) is 3.05. The minimum absolute atomic E-state index is 0.0887. The number of amides is 1. The molecular weight excluding hydrogens is 284 g/mol. The van der Waals surface area contributed by atoms with Crippen molar-refractivity contribution in [3.05, 3.63) is 17.0 Å². The number of rotatable bonds is 6. The Morgan fingerprint density at radius 3 is 2.47 bits per heavy atom. The number of hydrogen-bond acceptors (Lipinski definition) is 4. The zero-order valence-corrected chi connectivity index (χ0v) is 13.0. The van der Waals surface area contributed by atoms with Crippen LogP contribution >= 0.6 is 11.3 Å². The molecule has 1 aromatic rings. The summed E-state index contributed by atoms with van der Waals surface area (Å²) in [4.78, 5) is 12.4. The van der Waals surface area contributed by atoms with Gasteiger partial charge in [-0.05, 0) is 24.0 Å². The van der Waals surface area contributed by atoms with Crippen molar-refractivity contribution in [2.75, 3.05) is 6.54 Å². The molecule has 1 atom stereocenters. The fourth-order valence-electron chi connectivity index (χ4n) is 1.34. The molecule has 3 N–H and O–H groups in total. The fraction of sp³-hybridized carbons (Fsp3) is 0.583. The summed E-state index contributed by atoms with van der Waals surface area (Å²) >= 11 is 1.03. The first-order valence-corrected chi connectivity index (χ1v) is 8.44. The summed E-state index contributed by atoms with van der Waals surface area (Å²) in [6.07, 6.45) is 0.186. The van der Waals surface area contributed by atoms with Gasteiger partial charge >= 0.3 is 0 Å². The molecule has 0 aliphatic rings. The number of nitrogens with one attached hydrogen (secondary N) is 1. The van der Waals surface area contributed by atoms with Crippen molar-refractivity contribution < 1.29 is 13.2 Å². The first kappa shape index (κ1) is 16.1. The number of carbonyl (C=O) groups excluding carboxylic acids is 1. The molecule has 0 spiro atoms. The van der Waals surface area contributed by atoms with Crippen LogP contribution in [-0.2, 0) is 21.2 Å². The van der Waals surface area contributed by atoms with Crippen LogP contribution < -0.4 is 10.5 Å². The highest BCUT2D eigenvalue weighted by atomic mass is 32.2. The Kier molecular flexibility index (Phi) is 5.51. The van der Waals surface area contributed by atoms with E-state index in [2.05, 4.69) is 26.1 Å². The molecule has 0 aliphatic heterocycles. The van der Waals surface area contributed by atoms with Crippen LogP contribution in [0.2, 0.25) is 0 Å². The highest BCUT2D eigenvalue weighted by Crippen LogP contribution is 2.20. The maximum absolute atomic E-state index is 11.7. The van der Waals surface area contributed by atoms with Gasteiger partial charge in [0.05, 0.1) is 6.42 Å². The van der Waals surface area contributed by atoms with Gasteiger partial charge in [0.25, 0.3) is 0 Å². The van der Waals surface area contributed by atoms with E-state index < -0.39 is 10.0 Å². The Hall–Kier alpha value is -0.920. The smallest absolute Gasteiger partial charge is 0.247 e. The zero-order chi connectivity index (χ0) is 14.6. The van der Waals surface area contributed by atoms with Crippen LogP contribution in [0.1, 0.15) is 25.6 Å². The molecule has 0 aromatic carbocycles.